The van der Waals surface area contributed by atoms with Gasteiger partial charge in [0.15, 0.2) is 11.6 Å². The van der Waals surface area contributed by atoms with E-state index in [2.05, 4.69) is 15.8 Å². The van der Waals surface area contributed by atoms with Gasteiger partial charge in [-0.2, -0.15) is 0 Å². The Labute approximate surface area is 145 Å². The highest BCUT2D eigenvalue weighted by molar-refractivity contribution is 5.89. The lowest BCUT2D eigenvalue weighted by Gasteiger charge is -2.14. The summed E-state index contributed by atoms with van der Waals surface area (Å²) in [4.78, 5) is 12.1. The minimum absolute atomic E-state index is 0.161. The highest BCUT2D eigenvalue weighted by atomic mass is 16.5. The molecular formula is C19H19N3O3. The van der Waals surface area contributed by atoms with Crippen molar-refractivity contribution in [2.75, 3.05) is 12.4 Å². The first kappa shape index (κ1) is 16.6. The molecule has 2 aromatic carbocycles. The van der Waals surface area contributed by atoms with Crippen LogP contribution in [0.2, 0.25) is 0 Å². The first-order valence-corrected chi connectivity index (χ1v) is 7.89. The van der Waals surface area contributed by atoms with Gasteiger partial charge in [0.25, 0.3) is 0 Å². The molecule has 0 spiro atoms. The average molecular weight is 337 g/mol. The number of aromatic nitrogens is 1. The number of methoxy groups -OCH3 is 1. The number of benzene rings is 2. The van der Waals surface area contributed by atoms with Gasteiger partial charge >= 0.3 is 6.03 Å². The summed E-state index contributed by atoms with van der Waals surface area (Å²) < 4.78 is 10.4. The SMILES string of the molecule is COc1ccc(C(C)NC(=O)Nc2cc(-c3ccccc3)on2)cc1. The van der Waals surface area contributed by atoms with Crippen LogP contribution >= 0.6 is 0 Å². The molecule has 0 fully saturated rings. The molecule has 3 aromatic rings. The van der Waals surface area contributed by atoms with Crippen molar-refractivity contribution in [1.82, 2.24) is 10.5 Å². The van der Waals surface area contributed by atoms with Gasteiger partial charge in [0.2, 0.25) is 0 Å². The van der Waals surface area contributed by atoms with E-state index in [4.69, 9.17) is 9.26 Å². The van der Waals surface area contributed by atoms with Gasteiger partial charge in [-0.3, -0.25) is 5.32 Å². The lowest BCUT2D eigenvalue weighted by Crippen LogP contribution is -2.31. The normalized spacial score (nSPS) is 11.6. The minimum Gasteiger partial charge on any atom is -0.497 e. The molecule has 0 radical (unpaired) electrons. The number of hydrogen-bond acceptors (Lipinski definition) is 4. The topological polar surface area (TPSA) is 76.4 Å². The van der Waals surface area contributed by atoms with Crippen molar-refractivity contribution in [2.45, 2.75) is 13.0 Å². The van der Waals surface area contributed by atoms with Crippen LogP contribution in [0.3, 0.4) is 0 Å². The fourth-order valence-electron chi connectivity index (χ4n) is 2.40. The second kappa shape index (κ2) is 7.53. The second-order valence-corrected chi connectivity index (χ2v) is 5.54. The van der Waals surface area contributed by atoms with E-state index >= 15 is 0 Å². The van der Waals surface area contributed by atoms with Crippen molar-refractivity contribution in [1.29, 1.82) is 0 Å². The Kier molecular flexibility index (Phi) is 4.99. The number of carbonyl (C=O) groups excluding carboxylic acids is 1. The first-order valence-electron chi connectivity index (χ1n) is 7.89. The predicted molar refractivity (Wildman–Crippen MR) is 95.5 cm³/mol. The van der Waals surface area contributed by atoms with Gasteiger partial charge in [0, 0.05) is 11.6 Å². The van der Waals surface area contributed by atoms with E-state index < -0.39 is 0 Å². The number of hydrogen-bond donors (Lipinski definition) is 2. The summed E-state index contributed by atoms with van der Waals surface area (Å²) in [7, 11) is 1.62. The van der Waals surface area contributed by atoms with Crippen molar-refractivity contribution in [3.8, 4) is 17.1 Å². The summed E-state index contributed by atoms with van der Waals surface area (Å²) >= 11 is 0. The predicted octanol–water partition coefficient (Wildman–Crippen LogP) is 4.23. The lowest BCUT2D eigenvalue weighted by molar-refractivity contribution is 0.249. The summed E-state index contributed by atoms with van der Waals surface area (Å²) in [6, 6.07) is 18.3. The molecule has 25 heavy (non-hydrogen) atoms. The second-order valence-electron chi connectivity index (χ2n) is 5.54. The zero-order valence-corrected chi connectivity index (χ0v) is 14.0. The molecule has 6 nitrogen and oxygen atoms in total. The van der Waals surface area contributed by atoms with E-state index in [1.54, 1.807) is 13.2 Å². The van der Waals surface area contributed by atoms with Crippen LogP contribution in [0.4, 0.5) is 10.6 Å². The smallest absolute Gasteiger partial charge is 0.320 e. The van der Waals surface area contributed by atoms with E-state index in [0.29, 0.717) is 11.6 Å². The molecule has 0 aliphatic rings. The van der Waals surface area contributed by atoms with Crippen molar-refractivity contribution < 1.29 is 14.1 Å². The number of nitrogens with one attached hydrogen (secondary N) is 2. The van der Waals surface area contributed by atoms with E-state index in [1.807, 2.05) is 61.5 Å². The molecule has 0 saturated carbocycles. The number of nitrogens with zero attached hydrogens (tertiary/aromatic N) is 1. The van der Waals surface area contributed by atoms with Crippen LogP contribution in [-0.4, -0.2) is 18.3 Å². The van der Waals surface area contributed by atoms with Crippen molar-refractivity contribution in [3.63, 3.8) is 0 Å². The largest absolute Gasteiger partial charge is 0.497 e. The highest BCUT2D eigenvalue weighted by Crippen LogP contribution is 2.22. The van der Waals surface area contributed by atoms with Crippen LogP contribution in [0.25, 0.3) is 11.3 Å². The van der Waals surface area contributed by atoms with Gasteiger partial charge in [0.05, 0.1) is 13.2 Å². The Morgan fingerprint density at radius 2 is 1.84 bits per heavy atom. The molecule has 128 valence electrons. The maximum Gasteiger partial charge on any atom is 0.320 e. The Hall–Kier alpha value is -3.28. The molecule has 1 aromatic heterocycles. The van der Waals surface area contributed by atoms with Gasteiger partial charge in [0.1, 0.15) is 5.75 Å². The summed E-state index contributed by atoms with van der Waals surface area (Å²) in [5.41, 5.74) is 1.87. The van der Waals surface area contributed by atoms with Gasteiger partial charge in [-0.25, -0.2) is 4.79 Å². The monoisotopic (exact) mass is 337 g/mol. The van der Waals surface area contributed by atoms with Gasteiger partial charge in [-0.15, -0.1) is 0 Å². The summed E-state index contributed by atoms with van der Waals surface area (Å²) in [6.07, 6.45) is 0. The average Bonchev–Trinajstić information content (AvgIpc) is 3.10. The Morgan fingerprint density at radius 3 is 2.52 bits per heavy atom. The molecule has 0 aliphatic heterocycles. The maximum absolute atomic E-state index is 12.1. The molecule has 0 bridgehead atoms. The molecular weight excluding hydrogens is 318 g/mol. The fraction of sp³-hybridized carbons (Fsp3) is 0.158. The Bertz CT molecular complexity index is 829. The fourth-order valence-corrected chi connectivity index (χ4v) is 2.40. The summed E-state index contributed by atoms with van der Waals surface area (Å²) in [6.45, 7) is 1.90. The van der Waals surface area contributed by atoms with Crippen LogP contribution in [-0.2, 0) is 0 Å². The molecule has 6 heteroatoms. The van der Waals surface area contributed by atoms with E-state index in [9.17, 15) is 4.79 Å². The van der Waals surface area contributed by atoms with Crippen molar-refractivity contribution >= 4 is 11.8 Å². The minimum atomic E-state index is -0.351. The molecule has 2 amide bonds. The Balaban J connectivity index is 1.59. The standard InChI is InChI=1S/C19H19N3O3/c1-13(14-8-10-16(24-2)11-9-14)20-19(23)21-18-12-17(25-22-18)15-6-4-3-5-7-15/h3-13H,1-2H3,(H2,20,21,22,23). The number of ether oxygens (including phenoxy) is 1. The molecule has 0 aliphatic carbocycles. The van der Waals surface area contributed by atoms with Gasteiger partial charge < -0.3 is 14.6 Å². The zero-order chi connectivity index (χ0) is 17.6. The quantitative estimate of drug-likeness (QED) is 0.730. The summed E-state index contributed by atoms with van der Waals surface area (Å²) in [5, 5.41) is 9.41. The zero-order valence-electron chi connectivity index (χ0n) is 14.0. The lowest BCUT2D eigenvalue weighted by atomic mass is 10.1. The third-order valence-electron chi connectivity index (χ3n) is 3.77. The number of urea groups is 1. The van der Waals surface area contributed by atoms with Gasteiger partial charge in [-0.05, 0) is 24.6 Å². The molecule has 1 unspecified atom stereocenters. The molecule has 1 atom stereocenters. The Morgan fingerprint density at radius 1 is 1.12 bits per heavy atom. The van der Waals surface area contributed by atoms with Crippen LogP contribution < -0.4 is 15.4 Å². The van der Waals surface area contributed by atoms with Crippen LogP contribution in [0, 0.1) is 0 Å². The van der Waals surface area contributed by atoms with Crippen molar-refractivity contribution in [3.05, 3.63) is 66.2 Å². The van der Waals surface area contributed by atoms with E-state index in [1.165, 1.54) is 0 Å². The molecule has 2 N–H and O–H groups in total. The number of rotatable bonds is 5. The van der Waals surface area contributed by atoms with E-state index in [-0.39, 0.29) is 12.1 Å². The molecule has 3 rings (SSSR count). The van der Waals surface area contributed by atoms with E-state index in [0.717, 1.165) is 16.9 Å². The third kappa shape index (κ3) is 4.17. The van der Waals surface area contributed by atoms with Gasteiger partial charge in [-0.1, -0.05) is 47.6 Å². The highest BCUT2D eigenvalue weighted by Gasteiger charge is 2.12. The summed E-state index contributed by atoms with van der Waals surface area (Å²) in [5.74, 6) is 1.73. The first-order chi connectivity index (χ1) is 12.2. The number of carbonyl (C=O) groups is 1. The van der Waals surface area contributed by atoms with Crippen LogP contribution in [0.5, 0.6) is 5.75 Å². The van der Waals surface area contributed by atoms with Crippen molar-refractivity contribution in [2.24, 2.45) is 0 Å². The number of amides is 2. The molecule has 1 heterocycles. The maximum atomic E-state index is 12.1. The van der Waals surface area contributed by atoms with Crippen LogP contribution in [0.1, 0.15) is 18.5 Å². The third-order valence-corrected chi connectivity index (χ3v) is 3.77. The molecule has 0 saturated heterocycles. The van der Waals surface area contributed by atoms with Crippen LogP contribution in [0.15, 0.2) is 65.2 Å². The number of anilines is 1.